The number of nitrogens with zero attached hydrogens (tertiary/aromatic N) is 1. The summed E-state index contributed by atoms with van der Waals surface area (Å²) in [4.78, 5) is 2.59. The molecule has 0 heterocycles. The molecule has 0 aliphatic carbocycles. The average molecular weight is 704 g/mol. The number of rotatable bonds is 42. The highest BCUT2D eigenvalue weighted by molar-refractivity contribution is 4.84. The summed E-state index contributed by atoms with van der Waals surface area (Å²) in [5.74, 6) is 2.88. The molecule has 0 N–H and O–H groups in total. The molecule has 0 radical (unpaired) electrons. The first-order valence-electron chi connectivity index (χ1n) is 22.8. The molecule has 0 amide bonds. The highest BCUT2D eigenvalue weighted by atomic mass is 16.5. The number of hydrogen-bond acceptors (Lipinski definition) is 3. The van der Waals surface area contributed by atoms with E-state index in [1.807, 2.05) is 0 Å². The third-order valence-corrected chi connectivity index (χ3v) is 10.9. The molecule has 1 unspecified atom stereocenters. The van der Waals surface area contributed by atoms with E-state index in [0.717, 1.165) is 36.9 Å². The van der Waals surface area contributed by atoms with Crippen LogP contribution in [0.1, 0.15) is 240 Å². The minimum Gasteiger partial charge on any atom is -0.499 e. The van der Waals surface area contributed by atoms with E-state index in [-0.39, 0.29) is 0 Å². The summed E-state index contributed by atoms with van der Waals surface area (Å²) < 4.78 is 12.4. The molecule has 0 aromatic heterocycles. The first-order chi connectivity index (χ1) is 24.5. The van der Waals surface area contributed by atoms with Crippen LogP contribution in [-0.4, -0.2) is 37.7 Å². The van der Waals surface area contributed by atoms with E-state index < -0.39 is 0 Å². The van der Waals surface area contributed by atoms with Crippen LogP contribution in [-0.2, 0) is 9.47 Å². The first-order valence-corrected chi connectivity index (χ1v) is 22.8. The van der Waals surface area contributed by atoms with Crippen molar-refractivity contribution in [3.8, 4) is 0 Å². The SMILES string of the molecule is C=C(CCCCCC(CC)CN(C)CCCCCCCC(=C)OC(CCCCCCCC)CCCCCCCC)OCCCCCCCCC. The van der Waals surface area contributed by atoms with Crippen molar-refractivity contribution in [2.45, 2.75) is 246 Å². The maximum absolute atomic E-state index is 6.49. The fourth-order valence-electron chi connectivity index (χ4n) is 7.33. The normalized spacial score (nSPS) is 12.2. The van der Waals surface area contributed by atoms with Crippen molar-refractivity contribution in [1.29, 1.82) is 0 Å². The third kappa shape index (κ3) is 35.4. The fraction of sp³-hybridized carbons (Fsp3) is 0.915. The van der Waals surface area contributed by atoms with Crippen molar-refractivity contribution in [2.24, 2.45) is 5.92 Å². The van der Waals surface area contributed by atoms with E-state index in [4.69, 9.17) is 9.47 Å². The summed E-state index contributed by atoms with van der Waals surface area (Å²) in [6.07, 6.45) is 43.7. The van der Waals surface area contributed by atoms with Crippen molar-refractivity contribution in [1.82, 2.24) is 4.90 Å². The second-order valence-corrected chi connectivity index (χ2v) is 16.1. The van der Waals surface area contributed by atoms with Crippen molar-refractivity contribution < 1.29 is 9.47 Å². The summed E-state index contributed by atoms with van der Waals surface area (Å²) in [5, 5.41) is 0. The lowest BCUT2D eigenvalue weighted by Crippen LogP contribution is -2.26. The van der Waals surface area contributed by atoms with Crippen LogP contribution in [0, 0.1) is 5.92 Å². The van der Waals surface area contributed by atoms with Gasteiger partial charge in [-0.1, -0.05) is 182 Å². The average Bonchev–Trinajstić information content (AvgIpc) is 3.11. The molecule has 3 nitrogen and oxygen atoms in total. The maximum atomic E-state index is 6.49. The highest BCUT2D eigenvalue weighted by Gasteiger charge is 2.12. The van der Waals surface area contributed by atoms with Gasteiger partial charge in [0.15, 0.2) is 0 Å². The smallest absolute Gasteiger partial charge is 0.0982 e. The Morgan fingerprint density at radius 1 is 0.480 bits per heavy atom. The quantitative estimate of drug-likeness (QED) is 0.0467. The molecule has 0 bridgehead atoms. The minimum atomic E-state index is 0.395. The van der Waals surface area contributed by atoms with Crippen LogP contribution >= 0.6 is 0 Å². The second kappa shape index (κ2) is 39.3. The lowest BCUT2D eigenvalue weighted by molar-refractivity contribution is 0.0895. The van der Waals surface area contributed by atoms with E-state index in [0.29, 0.717) is 6.10 Å². The topological polar surface area (TPSA) is 21.7 Å². The van der Waals surface area contributed by atoms with Gasteiger partial charge in [-0.25, -0.2) is 0 Å². The molecule has 0 aliphatic rings. The molecule has 0 aromatic carbocycles. The predicted octanol–water partition coefficient (Wildman–Crippen LogP) is 15.9. The van der Waals surface area contributed by atoms with Gasteiger partial charge in [-0.3, -0.25) is 0 Å². The Kier molecular flexibility index (Phi) is 38.5. The van der Waals surface area contributed by atoms with Crippen LogP contribution in [0.2, 0.25) is 0 Å². The molecule has 0 fully saturated rings. The molecule has 0 rings (SSSR count). The van der Waals surface area contributed by atoms with Gasteiger partial charge in [0.25, 0.3) is 0 Å². The summed E-state index contributed by atoms with van der Waals surface area (Å²) in [7, 11) is 2.34. The van der Waals surface area contributed by atoms with Gasteiger partial charge in [-0.05, 0) is 77.3 Å². The van der Waals surface area contributed by atoms with Crippen LogP contribution < -0.4 is 0 Å². The molecule has 0 aromatic rings. The largest absolute Gasteiger partial charge is 0.499 e. The van der Waals surface area contributed by atoms with Crippen LogP contribution in [0.5, 0.6) is 0 Å². The monoisotopic (exact) mass is 704 g/mol. The van der Waals surface area contributed by atoms with Gasteiger partial charge in [0.05, 0.1) is 24.2 Å². The zero-order chi connectivity index (χ0) is 36.8. The van der Waals surface area contributed by atoms with Gasteiger partial charge in [-0.2, -0.15) is 0 Å². The Balaban J connectivity index is 3.95. The molecule has 0 saturated heterocycles. The van der Waals surface area contributed by atoms with Crippen LogP contribution in [0.3, 0.4) is 0 Å². The van der Waals surface area contributed by atoms with Gasteiger partial charge in [0.2, 0.25) is 0 Å². The molecule has 0 aliphatic heterocycles. The predicted molar refractivity (Wildman–Crippen MR) is 225 cm³/mol. The van der Waals surface area contributed by atoms with Crippen molar-refractivity contribution >= 4 is 0 Å². The Labute approximate surface area is 316 Å². The lowest BCUT2D eigenvalue weighted by atomic mass is 9.97. The molecular formula is C47H93NO2. The first kappa shape index (κ1) is 49.0. The van der Waals surface area contributed by atoms with E-state index in [1.54, 1.807) is 0 Å². The third-order valence-electron chi connectivity index (χ3n) is 10.9. The standard InChI is InChI=1S/C47H93NO2/c1-8-12-15-18-21-27-35-42-49-44(5)36-30-28-31-38-46(11-4)43-48(7)41-34-26-22-23-29-37-45(6)50-47(39-32-24-19-16-13-9-2)40-33-25-20-17-14-10-3/h46-47H,5-6,8-43H2,1-4,7H3. The summed E-state index contributed by atoms with van der Waals surface area (Å²) in [6, 6.07) is 0. The minimum absolute atomic E-state index is 0.395. The number of unbranched alkanes of at least 4 members (excludes halogenated alkanes) is 22. The molecule has 50 heavy (non-hydrogen) atoms. The Hall–Kier alpha value is -0.960. The Morgan fingerprint density at radius 3 is 1.44 bits per heavy atom. The summed E-state index contributed by atoms with van der Waals surface area (Å²) in [5.41, 5.74) is 0. The second-order valence-electron chi connectivity index (χ2n) is 16.1. The van der Waals surface area contributed by atoms with Gasteiger partial charge in [0, 0.05) is 19.4 Å². The van der Waals surface area contributed by atoms with E-state index in [9.17, 15) is 0 Å². The van der Waals surface area contributed by atoms with Crippen LogP contribution in [0.15, 0.2) is 24.7 Å². The summed E-state index contributed by atoms with van der Waals surface area (Å²) in [6.45, 7) is 21.1. The summed E-state index contributed by atoms with van der Waals surface area (Å²) >= 11 is 0. The lowest BCUT2D eigenvalue weighted by Gasteiger charge is -2.23. The molecule has 0 saturated carbocycles. The zero-order valence-electron chi connectivity index (χ0n) is 35.3. The zero-order valence-corrected chi connectivity index (χ0v) is 35.3. The number of ether oxygens (including phenoxy) is 2. The van der Waals surface area contributed by atoms with Gasteiger partial charge >= 0.3 is 0 Å². The number of hydrogen-bond donors (Lipinski definition) is 0. The fourth-order valence-corrected chi connectivity index (χ4v) is 7.33. The number of allylic oxidation sites excluding steroid dienone is 2. The van der Waals surface area contributed by atoms with Gasteiger partial charge in [-0.15, -0.1) is 0 Å². The van der Waals surface area contributed by atoms with E-state index in [2.05, 4.69) is 52.8 Å². The van der Waals surface area contributed by atoms with E-state index in [1.165, 1.54) is 212 Å². The van der Waals surface area contributed by atoms with E-state index >= 15 is 0 Å². The van der Waals surface area contributed by atoms with Gasteiger partial charge < -0.3 is 14.4 Å². The molecule has 1 atom stereocenters. The van der Waals surface area contributed by atoms with Crippen molar-refractivity contribution in [2.75, 3.05) is 26.7 Å². The van der Waals surface area contributed by atoms with Crippen molar-refractivity contribution in [3.05, 3.63) is 24.7 Å². The van der Waals surface area contributed by atoms with Crippen molar-refractivity contribution in [3.63, 3.8) is 0 Å². The molecule has 0 spiro atoms. The molecular weight excluding hydrogens is 611 g/mol. The molecule has 3 heteroatoms. The molecule has 298 valence electrons. The van der Waals surface area contributed by atoms with Crippen LogP contribution in [0.25, 0.3) is 0 Å². The van der Waals surface area contributed by atoms with Gasteiger partial charge in [0.1, 0.15) is 0 Å². The maximum Gasteiger partial charge on any atom is 0.0982 e. The Morgan fingerprint density at radius 2 is 0.900 bits per heavy atom. The van der Waals surface area contributed by atoms with Crippen LogP contribution in [0.4, 0.5) is 0 Å². The Bertz CT molecular complexity index is 689. The highest BCUT2D eigenvalue weighted by Crippen LogP contribution is 2.22.